The molecule has 2 aromatic heterocycles. The van der Waals surface area contributed by atoms with Gasteiger partial charge in [0.25, 0.3) is 11.6 Å². The van der Waals surface area contributed by atoms with Crippen molar-refractivity contribution >= 4 is 28.3 Å². The highest BCUT2D eigenvalue weighted by Gasteiger charge is 2.17. The molecule has 0 unspecified atom stereocenters. The van der Waals surface area contributed by atoms with Gasteiger partial charge in [0.1, 0.15) is 0 Å². The number of pyridine rings is 1. The number of aryl methyl sites for hydroxylation is 2. The fraction of sp³-hybridized carbons (Fsp3) is 0.278. The fourth-order valence-corrected chi connectivity index (χ4v) is 2.72. The number of carbonyl (C=O) groups is 1. The van der Waals surface area contributed by atoms with Crippen LogP contribution in [-0.2, 0) is 0 Å². The molecule has 0 aliphatic heterocycles. The van der Waals surface area contributed by atoms with E-state index in [-0.39, 0.29) is 17.6 Å². The first-order valence-electron chi connectivity index (χ1n) is 8.19. The van der Waals surface area contributed by atoms with E-state index < -0.39 is 4.92 Å². The molecule has 0 fully saturated rings. The number of hydrogen-bond donors (Lipinski definition) is 1. The van der Waals surface area contributed by atoms with Gasteiger partial charge in [-0.2, -0.15) is 5.10 Å². The van der Waals surface area contributed by atoms with Gasteiger partial charge in [-0.25, -0.2) is 9.67 Å². The summed E-state index contributed by atoms with van der Waals surface area (Å²) >= 11 is 0. The van der Waals surface area contributed by atoms with Gasteiger partial charge in [-0.05, 0) is 39.3 Å². The van der Waals surface area contributed by atoms with Crippen molar-refractivity contribution in [1.29, 1.82) is 0 Å². The van der Waals surface area contributed by atoms with E-state index in [1.54, 1.807) is 36.9 Å². The molecule has 0 saturated heterocycles. The highest BCUT2D eigenvalue weighted by atomic mass is 16.6. The summed E-state index contributed by atoms with van der Waals surface area (Å²) in [6.45, 7) is 7.55. The van der Waals surface area contributed by atoms with Gasteiger partial charge in [-0.15, -0.1) is 0 Å². The lowest BCUT2D eigenvalue weighted by Crippen LogP contribution is -2.15. The summed E-state index contributed by atoms with van der Waals surface area (Å²) in [7, 11) is 0. The van der Waals surface area contributed by atoms with Crippen LogP contribution in [0.1, 0.15) is 41.5 Å². The lowest BCUT2D eigenvalue weighted by Gasteiger charge is -2.11. The van der Waals surface area contributed by atoms with Crippen LogP contribution >= 0.6 is 0 Å². The average molecular weight is 353 g/mol. The topological polar surface area (TPSA) is 103 Å². The van der Waals surface area contributed by atoms with E-state index in [4.69, 9.17) is 0 Å². The van der Waals surface area contributed by atoms with Crippen molar-refractivity contribution in [2.24, 2.45) is 0 Å². The number of nitrogens with one attached hydrogen (secondary N) is 1. The zero-order valence-corrected chi connectivity index (χ0v) is 15.0. The zero-order chi connectivity index (χ0) is 19.0. The monoisotopic (exact) mass is 353 g/mol. The Morgan fingerprint density at radius 3 is 2.65 bits per heavy atom. The number of carbonyl (C=O) groups excluding carboxylic acids is 1. The van der Waals surface area contributed by atoms with Gasteiger partial charge in [-0.3, -0.25) is 14.9 Å². The Kier molecular flexibility index (Phi) is 4.41. The maximum atomic E-state index is 12.7. The molecule has 0 spiro atoms. The molecular formula is C18H19N5O3. The average Bonchev–Trinajstić information content (AvgIpc) is 2.98. The molecule has 3 rings (SSSR count). The van der Waals surface area contributed by atoms with E-state index in [1.165, 1.54) is 12.1 Å². The van der Waals surface area contributed by atoms with Crippen molar-refractivity contribution < 1.29 is 9.72 Å². The van der Waals surface area contributed by atoms with E-state index in [2.05, 4.69) is 15.4 Å². The number of benzene rings is 1. The largest absolute Gasteiger partial charge is 0.321 e. The number of nitro benzene ring substituents is 1. The van der Waals surface area contributed by atoms with E-state index in [0.29, 0.717) is 16.9 Å². The molecule has 8 nitrogen and oxygen atoms in total. The second-order valence-corrected chi connectivity index (χ2v) is 6.43. The van der Waals surface area contributed by atoms with Crippen LogP contribution in [0.4, 0.5) is 11.4 Å². The van der Waals surface area contributed by atoms with Crippen LogP contribution in [0.3, 0.4) is 0 Å². The van der Waals surface area contributed by atoms with Gasteiger partial charge in [0.2, 0.25) is 0 Å². The summed E-state index contributed by atoms with van der Waals surface area (Å²) in [5.74, 6) is -0.363. The van der Waals surface area contributed by atoms with Gasteiger partial charge in [0.15, 0.2) is 5.65 Å². The summed E-state index contributed by atoms with van der Waals surface area (Å²) < 4.78 is 1.80. The predicted octanol–water partition coefficient (Wildman–Crippen LogP) is 3.79. The second-order valence-electron chi connectivity index (χ2n) is 6.43. The number of nitro groups is 1. The van der Waals surface area contributed by atoms with Crippen molar-refractivity contribution in [3.8, 4) is 0 Å². The quantitative estimate of drug-likeness (QED) is 0.568. The third kappa shape index (κ3) is 3.13. The molecule has 1 amide bonds. The van der Waals surface area contributed by atoms with Crippen molar-refractivity contribution in [1.82, 2.24) is 14.8 Å². The minimum Gasteiger partial charge on any atom is -0.321 e. The highest BCUT2D eigenvalue weighted by Crippen LogP contribution is 2.24. The third-order valence-corrected chi connectivity index (χ3v) is 4.17. The number of anilines is 1. The Hall–Kier alpha value is -3.29. The second kappa shape index (κ2) is 6.55. The maximum Gasteiger partial charge on any atom is 0.271 e. The Morgan fingerprint density at radius 1 is 1.27 bits per heavy atom. The van der Waals surface area contributed by atoms with Crippen LogP contribution in [0.5, 0.6) is 0 Å². The van der Waals surface area contributed by atoms with Crippen LogP contribution in [-0.4, -0.2) is 25.6 Å². The lowest BCUT2D eigenvalue weighted by molar-refractivity contribution is -0.384. The molecule has 0 aliphatic rings. The van der Waals surface area contributed by atoms with Crippen molar-refractivity contribution in [2.75, 3.05) is 5.32 Å². The van der Waals surface area contributed by atoms with E-state index in [9.17, 15) is 14.9 Å². The minimum atomic E-state index is -0.492. The van der Waals surface area contributed by atoms with Gasteiger partial charge < -0.3 is 5.32 Å². The zero-order valence-electron chi connectivity index (χ0n) is 15.0. The molecule has 0 saturated carbocycles. The molecule has 26 heavy (non-hydrogen) atoms. The maximum absolute atomic E-state index is 12.7. The Labute approximate surface area is 150 Å². The Balaban J connectivity index is 1.97. The first-order valence-corrected chi connectivity index (χ1v) is 8.19. The van der Waals surface area contributed by atoms with Gasteiger partial charge in [0, 0.05) is 23.6 Å². The summed E-state index contributed by atoms with van der Waals surface area (Å²) in [6, 6.07) is 6.27. The molecule has 8 heteroatoms. The van der Waals surface area contributed by atoms with Gasteiger partial charge in [0.05, 0.1) is 28.1 Å². The number of nitrogens with zero attached hydrogens (tertiary/aromatic N) is 4. The van der Waals surface area contributed by atoms with Crippen LogP contribution in [0.25, 0.3) is 11.0 Å². The lowest BCUT2D eigenvalue weighted by atomic mass is 10.1. The van der Waals surface area contributed by atoms with Gasteiger partial charge in [-0.1, -0.05) is 6.07 Å². The van der Waals surface area contributed by atoms with E-state index in [0.717, 1.165) is 16.6 Å². The smallest absolute Gasteiger partial charge is 0.271 e. The number of fused-ring (bicyclic) bond motifs is 1. The molecular weight excluding hydrogens is 334 g/mol. The molecule has 3 aromatic rings. The molecule has 2 heterocycles. The van der Waals surface area contributed by atoms with Crippen LogP contribution < -0.4 is 5.32 Å². The summed E-state index contributed by atoms with van der Waals surface area (Å²) in [5, 5.41) is 18.8. The molecule has 1 N–H and O–H groups in total. The summed E-state index contributed by atoms with van der Waals surface area (Å²) in [5.41, 5.74) is 2.77. The molecule has 0 bridgehead atoms. The molecule has 1 aromatic carbocycles. The number of rotatable bonds is 4. The van der Waals surface area contributed by atoms with Crippen LogP contribution in [0.2, 0.25) is 0 Å². The van der Waals surface area contributed by atoms with Gasteiger partial charge >= 0.3 is 0 Å². The minimum absolute atomic E-state index is 0.0746. The summed E-state index contributed by atoms with van der Waals surface area (Å²) in [4.78, 5) is 27.7. The van der Waals surface area contributed by atoms with E-state index in [1.807, 2.05) is 13.8 Å². The van der Waals surface area contributed by atoms with Crippen LogP contribution in [0, 0.1) is 24.0 Å². The molecule has 134 valence electrons. The van der Waals surface area contributed by atoms with Crippen LogP contribution in [0.15, 0.2) is 30.5 Å². The fourth-order valence-electron chi connectivity index (χ4n) is 2.72. The Morgan fingerprint density at radius 2 is 2.00 bits per heavy atom. The number of hydrogen-bond acceptors (Lipinski definition) is 5. The normalized spacial score (nSPS) is 11.1. The summed E-state index contributed by atoms with van der Waals surface area (Å²) in [6.07, 6.45) is 1.68. The standard InChI is InChI=1S/C18H19N5O3/c1-10(2)22-17-13(9-19-22)7-15(12(4)20-17)18(24)21-16-8-14(23(25)26)6-5-11(16)3/h5-10H,1-4H3,(H,21,24). The van der Waals surface area contributed by atoms with Crippen molar-refractivity contribution in [2.45, 2.75) is 33.7 Å². The number of amides is 1. The van der Waals surface area contributed by atoms with E-state index >= 15 is 0 Å². The first-order chi connectivity index (χ1) is 12.3. The molecule has 0 radical (unpaired) electrons. The highest BCUT2D eigenvalue weighted by molar-refractivity contribution is 6.07. The predicted molar refractivity (Wildman–Crippen MR) is 98.4 cm³/mol. The Bertz CT molecular complexity index is 1020. The first kappa shape index (κ1) is 17.5. The van der Waals surface area contributed by atoms with Crippen molar-refractivity contribution in [3.05, 3.63) is 57.4 Å². The number of non-ortho nitro benzene ring substituents is 1. The number of aromatic nitrogens is 3. The molecule has 0 aliphatic carbocycles. The SMILES string of the molecule is Cc1ccc([N+](=O)[O-])cc1NC(=O)c1cc2cnn(C(C)C)c2nc1C. The van der Waals surface area contributed by atoms with Crippen molar-refractivity contribution in [3.63, 3.8) is 0 Å². The third-order valence-electron chi connectivity index (χ3n) is 4.17. The molecule has 0 atom stereocenters.